The Morgan fingerprint density at radius 1 is 0.861 bits per heavy atom. The van der Waals surface area contributed by atoms with Crippen LogP contribution in [-0.2, 0) is 14.4 Å². The topological polar surface area (TPSA) is 125 Å². The Hall–Kier alpha value is -4.99. The molecule has 1 heterocycles. The molecular formula is C26H22N4O6. The maximum Gasteiger partial charge on any atom is 0.339 e. The maximum atomic E-state index is 12.8. The second-order valence-electron chi connectivity index (χ2n) is 7.93. The van der Waals surface area contributed by atoms with Crippen LogP contribution >= 0.6 is 0 Å². The summed E-state index contributed by atoms with van der Waals surface area (Å²) in [6.45, 7) is 1.19. The molecule has 0 bridgehead atoms. The minimum Gasteiger partial charge on any atom is -0.497 e. The van der Waals surface area contributed by atoms with Crippen molar-refractivity contribution in [2.75, 3.05) is 29.2 Å². The van der Waals surface area contributed by atoms with E-state index in [-0.39, 0.29) is 16.9 Å². The molecule has 0 aliphatic carbocycles. The van der Waals surface area contributed by atoms with E-state index in [9.17, 15) is 24.0 Å². The highest BCUT2D eigenvalue weighted by Crippen LogP contribution is 2.25. The van der Waals surface area contributed by atoms with E-state index in [4.69, 9.17) is 4.74 Å². The van der Waals surface area contributed by atoms with Crippen LogP contribution < -0.4 is 20.3 Å². The number of carbonyl (C=O) groups excluding carboxylic acids is 5. The first kappa shape index (κ1) is 24.1. The summed E-state index contributed by atoms with van der Waals surface area (Å²) in [5.74, 6) is -2.90. The summed E-state index contributed by atoms with van der Waals surface area (Å²) in [7, 11) is 1.47. The largest absolute Gasteiger partial charge is 0.497 e. The molecule has 1 fully saturated rings. The molecule has 3 aromatic rings. The first-order valence-electron chi connectivity index (χ1n) is 10.9. The van der Waals surface area contributed by atoms with E-state index < -0.39 is 36.2 Å². The van der Waals surface area contributed by atoms with Gasteiger partial charge < -0.3 is 15.4 Å². The van der Waals surface area contributed by atoms with E-state index in [1.807, 2.05) is 13.0 Å². The zero-order chi connectivity index (χ0) is 25.8. The summed E-state index contributed by atoms with van der Waals surface area (Å²) in [6.07, 6.45) is 0. The summed E-state index contributed by atoms with van der Waals surface area (Å²) >= 11 is 0. The summed E-state index contributed by atoms with van der Waals surface area (Å²) in [4.78, 5) is 64.5. The van der Waals surface area contributed by atoms with Crippen LogP contribution in [-0.4, -0.2) is 48.2 Å². The van der Waals surface area contributed by atoms with Gasteiger partial charge in [0.15, 0.2) is 0 Å². The van der Waals surface area contributed by atoms with E-state index in [0.29, 0.717) is 21.2 Å². The van der Waals surface area contributed by atoms with Crippen LogP contribution in [0.2, 0.25) is 0 Å². The van der Waals surface area contributed by atoms with Crippen molar-refractivity contribution >= 4 is 46.7 Å². The molecule has 3 aromatic carbocycles. The third-order valence-electron chi connectivity index (χ3n) is 5.41. The van der Waals surface area contributed by atoms with Crippen LogP contribution in [0.25, 0.3) is 0 Å². The van der Waals surface area contributed by atoms with Gasteiger partial charge in [0, 0.05) is 5.69 Å². The van der Waals surface area contributed by atoms with Crippen LogP contribution in [0.5, 0.6) is 5.75 Å². The van der Waals surface area contributed by atoms with Gasteiger partial charge in [-0.2, -0.15) is 0 Å². The van der Waals surface area contributed by atoms with Crippen molar-refractivity contribution in [3.05, 3.63) is 83.9 Å². The lowest BCUT2D eigenvalue weighted by Gasteiger charge is -2.16. The number of anilines is 3. The zero-order valence-electron chi connectivity index (χ0n) is 19.5. The minimum absolute atomic E-state index is 0.167. The molecule has 182 valence electrons. The normalized spacial score (nSPS) is 13.1. The summed E-state index contributed by atoms with van der Waals surface area (Å²) < 4.78 is 5.05. The lowest BCUT2D eigenvalue weighted by atomic mass is 10.1. The summed E-state index contributed by atoms with van der Waals surface area (Å²) in [5, 5.41) is 5.32. The average Bonchev–Trinajstić information content (AvgIpc) is 3.07. The first-order chi connectivity index (χ1) is 17.3. The van der Waals surface area contributed by atoms with Crippen molar-refractivity contribution in [3.63, 3.8) is 0 Å². The molecule has 10 nitrogen and oxygen atoms in total. The smallest absolute Gasteiger partial charge is 0.339 e. The molecule has 1 aliphatic rings. The van der Waals surface area contributed by atoms with Gasteiger partial charge in [-0.15, -0.1) is 0 Å². The average molecular weight is 486 g/mol. The van der Waals surface area contributed by atoms with E-state index in [1.54, 1.807) is 30.3 Å². The van der Waals surface area contributed by atoms with Gasteiger partial charge in [0.25, 0.3) is 5.91 Å². The van der Waals surface area contributed by atoms with E-state index >= 15 is 0 Å². The van der Waals surface area contributed by atoms with Crippen LogP contribution in [0.4, 0.5) is 21.9 Å². The molecule has 1 saturated heterocycles. The molecular weight excluding hydrogens is 464 g/mol. The Kier molecular flexibility index (Phi) is 6.77. The van der Waals surface area contributed by atoms with Crippen molar-refractivity contribution in [2.45, 2.75) is 6.92 Å². The zero-order valence-corrected chi connectivity index (χ0v) is 19.5. The molecule has 36 heavy (non-hydrogen) atoms. The van der Waals surface area contributed by atoms with Crippen molar-refractivity contribution in [1.29, 1.82) is 0 Å². The number of aryl methyl sites for hydroxylation is 1. The number of benzene rings is 3. The number of para-hydroxylation sites is 1. The maximum absolute atomic E-state index is 12.8. The third kappa shape index (κ3) is 4.92. The van der Waals surface area contributed by atoms with E-state index in [1.165, 1.54) is 43.5 Å². The van der Waals surface area contributed by atoms with Crippen LogP contribution in [0.1, 0.15) is 15.9 Å². The number of nitrogens with one attached hydrogen (secondary N) is 2. The van der Waals surface area contributed by atoms with Gasteiger partial charge in [-0.25, -0.2) is 14.6 Å². The molecule has 4 rings (SSSR count). The van der Waals surface area contributed by atoms with Crippen molar-refractivity contribution in [1.82, 2.24) is 4.90 Å². The van der Waals surface area contributed by atoms with Crippen LogP contribution in [0.3, 0.4) is 0 Å². The third-order valence-corrected chi connectivity index (χ3v) is 5.41. The number of urea groups is 1. The number of hydrogen-bond acceptors (Lipinski definition) is 6. The number of carbonyl (C=O) groups is 5. The van der Waals surface area contributed by atoms with Crippen LogP contribution in [0.15, 0.2) is 72.8 Å². The Morgan fingerprint density at radius 3 is 2.28 bits per heavy atom. The van der Waals surface area contributed by atoms with Gasteiger partial charge in [0.2, 0.25) is 5.91 Å². The predicted octanol–water partition coefficient (Wildman–Crippen LogP) is 3.19. The Morgan fingerprint density at radius 2 is 1.58 bits per heavy atom. The number of rotatable bonds is 7. The van der Waals surface area contributed by atoms with Crippen molar-refractivity contribution in [2.24, 2.45) is 0 Å². The Bertz CT molecular complexity index is 1370. The van der Waals surface area contributed by atoms with Gasteiger partial charge in [0.1, 0.15) is 12.3 Å². The van der Waals surface area contributed by atoms with E-state index in [0.717, 1.165) is 5.56 Å². The SMILES string of the molecule is COc1ccc(N2C(=O)C(=O)N(CC(=O)Nc3ccccc3C(=O)Nc3cccc(C)c3)C2=O)cc1. The molecule has 0 radical (unpaired) electrons. The van der Waals surface area contributed by atoms with Gasteiger partial charge in [0.05, 0.1) is 24.0 Å². The lowest BCUT2D eigenvalue weighted by molar-refractivity contribution is -0.140. The standard InChI is InChI=1S/C26H22N4O6/c1-16-6-5-7-17(14-16)27-23(32)20-8-3-4-9-21(20)28-22(31)15-29-24(33)25(34)30(26(29)35)18-10-12-19(36-2)13-11-18/h3-14H,15H2,1-2H3,(H,27,32)(H,28,31). The fourth-order valence-corrected chi connectivity index (χ4v) is 3.65. The molecule has 6 amide bonds. The van der Waals surface area contributed by atoms with Crippen LogP contribution in [0, 0.1) is 6.92 Å². The number of nitrogens with zero attached hydrogens (tertiary/aromatic N) is 2. The molecule has 1 aliphatic heterocycles. The van der Waals surface area contributed by atoms with Gasteiger partial charge in [-0.3, -0.25) is 19.2 Å². The quantitative estimate of drug-likeness (QED) is 0.390. The molecule has 0 atom stereocenters. The Balaban J connectivity index is 1.47. The second kappa shape index (κ2) is 10.1. The highest BCUT2D eigenvalue weighted by Gasteiger charge is 2.46. The Labute approximate surface area is 206 Å². The number of methoxy groups -OCH3 is 1. The molecule has 0 unspecified atom stereocenters. The van der Waals surface area contributed by atoms with Crippen molar-refractivity contribution in [3.8, 4) is 5.75 Å². The van der Waals surface area contributed by atoms with Gasteiger partial charge in [-0.1, -0.05) is 24.3 Å². The lowest BCUT2D eigenvalue weighted by Crippen LogP contribution is -2.39. The monoisotopic (exact) mass is 486 g/mol. The number of hydrogen-bond donors (Lipinski definition) is 2. The molecule has 0 aromatic heterocycles. The molecule has 2 N–H and O–H groups in total. The molecule has 0 saturated carbocycles. The van der Waals surface area contributed by atoms with Gasteiger partial charge in [-0.05, 0) is 61.0 Å². The summed E-state index contributed by atoms with van der Waals surface area (Å²) in [6, 6.07) is 18.6. The number of amides is 6. The highest BCUT2D eigenvalue weighted by atomic mass is 16.5. The molecule has 0 spiro atoms. The fourth-order valence-electron chi connectivity index (χ4n) is 3.65. The second-order valence-corrected chi connectivity index (χ2v) is 7.93. The predicted molar refractivity (Wildman–Crippen MR) is 132 cm³/mol. The number of ether oxygens (including phenoxy) is 1. The van der Waals surface area contributed by atoms with Gasteiger partial charge >= 0.3 is 17.8 Å². The van der Waals surface area contributed by atoms with Crippen molar-refractivity contribution < 1.29 is 28.7 Å². The fraction of sp³-hybridized carbons (Fsp3) is 0.115. The first-order valence-corrected chi connectivity index (χ1v) is 10.9. The minimum atomic E-state index is -1.13. The summed E-state index contributed by atoms with van der Waals surface area (Å²) in [5.41, 5.74) is 2.09. The number of imide groups is 2. The molecule has 10 heteroatoms. The highest BCUT2D eigenvalue weighted by molar-refractivity contribution is 6.53. The van der Waals surface area contributed by atoms with E-state index in [2.05, 4.69) is 10.6 Å².